The van der Waals surface area contributed by atoms with Gasteiger partial charge in [0, 0.05) is 18.2 Å². The van der Waals surface area contributed by atoms with Gasteiger partial charge in [0.05, 0.1) is 16.7 Å². The molecule has 0 radical (unpaired) electrons. The molecule has 0 bridgehead atoms. The molecule has 1 aliphatic heterocycles. The van der Waals surface area contributed by atoms with Crippen molar-refractivity contribution < 1.29 is 15.0 Å². The monoisotopic (exact) mass is 393 g/mol. The van der Waals surface area contributed by atoms with Crippen LogP contribution in [-0.2, 0) is 4.79 Å². The maximum absolute atomic E-state index is 12.2. The average molecular weight is 394 g/mol. The van der Waals surface area contributed by atoms with Crippen LogP contribution in [0.3, 0.4) is 0 Å². The smallest absolute Gasteiger partial charge is 0.307 e. The third-order valence-electron chi connectivity index (χ3n) is 4.41. The Kier molecular flexibility index (Phi) is 6.04. The van der Waals surface area contributed by atoms with E-state index in [2.05, 4.69) is 10.7 Å². The molecule has 26 heavy (non-hydrogen) atoms. The summed E-state index contributed by atoms with van der Waals surface area (Å²) in [6.07, 6.45) is 6.80. The molecule has 0 unspecified atom stereocenters. The largest absolute Gasteiger partial charge is 0.490 e. The molecule has 2 aliphatic rings. The number of nitrogens with two attached hydrogens (primary N) is 1. The Morgan fingerprint density at radius 1 is 1.27 bits per heavy atom. The van der Waals surface area contributed by atoms with Gasteiger partial charge in [0.2, 0.25) is 5.70 Å². The molecule has 1 aliphatic carbocycles. The van der Waals surface area contributed by atoms with E-state index in [1.165, 1.54) is 0 Å². The number of nitriles is 1. The second-order valence-corrected chi connectivity index (χ2v) is 7.06. The summed E-state index contributed by atoms with van der Waals surface area (Å²) in [5.41, 5.74) is 5.41. The van der Waals surface area contributed by atoms with Gasteiger partial charge in [-0.05, 0) is 43.9 Å². The van der Waals surface area contributed by atoms with Crippen molar-refractivity contribution in [1.82, 2.24) is 10.7 Å². The van der Waals surface area contributed by atoms with Crippen LogP contribution in [0.15, 0.2) is 41.2 Å². The lowest BCUT2D eigenvalue weighted by molar-refractivity contribution is -0.653. The lowest BCUT2D eigenvalue weighted by atomic mass is 9.92. The molecule has 0 saturated heterocycles. The summed E-state index contributed by atoms with van der Waals surface area (Å²) >= 11 is 11.8. The number of nitrogens with zero attached hydrogens (tertiary/aromatic N) is 1. The van der Waals surface area contributed by atoms with Crippen LogP contribution in [0.25, 0.3) is 0 Å². The van der Waals surface area contributed by atoms with E-state index in [-0.39, 0.29) is 18.1 Å². The minimum absolute atomic E-state index is 0.0796. The number of rotatable bonds is 4. The van der Waals surface area contributed by atoms with E-state index in [0.717, 1.165) is 25.7 Å². The normalized spacial score (nSPS) is 22.3. The van der Waals surface area contributed by atoms with Crippen LogP contribution in [-0.4, -0.2) is 18.1 Å². The molecule has 6 nitrogen and oxygen atoms in total. The highest BCUT2D eigenvalue weighted by Gasteiger charge is 2.26. The zero-order chi connectivity index (χ0) is 18.5. The van der Waals surface area contributed by atoms with Crippen LogP contribution in [0.4, 0.5) is 0 Å². The van der Waals surface area contributed by atoms with Gasteiger partial charge in [-0.1, -0.05) is 23.2 Å². The Labute approximate surface area is 161 Å². The number of amides is 1. The number of halogens is 2. The highest BCUT2D eigenvalue weighted by atomic mass is 35.5. The number of allylic oxidation sites excluding steroid dienone is 2. The van der Waals surface area contributed by atoms with Gasteiger partial charge in [0.25, 0.3) is 0 Å². The van der Waals surface area contributed by atoms with Crippen molar-refractivity contribution in [3.8, 4) is 11.8 Å². The first-order chi connectivity index (χ1) is 12.5. The number of hydrogen-bond acceptors (Lipinski definition) is 4. The molecule has 1 fully saturated rings. The summed E-state index contributed by atoms with van der Waals surface area (Å²) in [4.78, 5) is 12.2. The molecule has 0 aromatic heterocycles. The third kappa shape index (κ3) is 4.70. The summed E-state index contributed by atoms with van der Waals surface area (Å²) in [6, 6.07) is 7.25. The average Bonchev–Trinajstić information content (AvgIpc) is 2.64. The van der Waals surface area contributed by atoms with Crippen molar-refractivity contribution in [2.45, 2.75) is 37.8 Å². The molecule has 1 saturated carbocycles. The summed E-state index contributed by atoms with van der Waals surface area (Å²) in [7, 11) is 0. The second kappa shape index (κ2) is 8.45. The van der Waals surface area contributed by atoms with Crippen LogP contribution in [0.1, 0.15) is 31.2 Å². The van der Waals surface area contributed by atoms with Gasteiger partial charge >= 0.3 is 5.91 Å². The number of carbonyl (C=O) groups excluding carboxylic acids is 1. The molecule has 4 N–H and O–H groups in total. The van der Waals surface area contributed by atoms with Crippen LogP contribution < -0.4 is 20.9 Å². The van der Waals surface area contributed by atoms with Gasteiger partial charge < -0.3 is 10.1 Å². The minimum atomic E-state index is -0.110. The molecule has 0 atom stereocenters. The third-order valence-corrected chi connectivity index (χ3v) is 4.96. The van der Waals surface area contributed by atoms with Gasteiger partial charge in [0.15, 0.2) is 5.16 Å². The van der Waals surface area contributed by atoms with Crippen LogP contribution in [0, 0.1) is 11.3 Å². The topological polar surface area (TPSA) is 90.8 Å². The predicted octanol–water partition coefficient (Wildman–Crippen LogP) is 2.06. The number of benzene rings is 1. The molecular weight excluding hydrogens is 375 g/mol. The van der Waals surface area contributed by atoms with Crippen molar-refractivity contribution in [2.24, 2.45) is 0 Å². The van der Waals surface area contributed by atoms with Gasteiger partial charge in [0.1, 0.15) is 11.8 Å². The molecule has 1 aromatic rings. The zero-order valence-corrected chi connectivity index (χ0v) is 15.5. The summed E-state index contributed by atoms with van der Waals surface area (Å²) in [6.45, 7) is 0. The van der Waals surface area contributed by atoms with Crippen molar-refractivity contribution >= 4 is 29.1 Å². The first kappa shape index (κ1) is 18.6. The molecule has 8 heteroatoms. The molecular formula is C18H19Cl2N4O2+. The van der Waals surface area contributed by atoms with E-state index in [4.69, 9.17) is 33.2 Å². The van der Waals surface area contributed by atoms with E-state index in [1.807, 2.05) is 6.07 Å². The van der Waals surface area contributed by atoms with Gasteiger partial charge in [-0.2, -0.15) is 5.26 Å². The van der Waals surface area contributed by atoms with Gasteiger partial charge in [-0.25, -0.2) is 10.9 Å². The van der Waals surface area contributed by atoms with Crippen LogP contribution in [0.5, 0.6) is 5.75 Å². The van der Waals surface area contributed by atoms with E-state index in [9.17, 15) is 4.79 Å². The molecule has 1 aromatic carbocycles. The maximum Gasteiger partial charge on any atom is 0.307 e. The SMILES string of the molecule is N#Cc1ccc(OC2CCC(NC(=O)C3=CC=C(Cl)N[NH2+]3)CC2)cc1Cl. The lowest BCUT2D eigenvalue weighted by Gasteiger charge is -2.29. The van der Waals surface area contributed by atoms with Crippen molar-refractivity contribution in [2.75, 3.05) is 0 Å². The van der Waals surface area contributed by atoms with Crippen LogP contribution in [0.2, 0.25) is 5.02 Å². The van der Waals surface area contributed by atoms with E-state index >= 15 is 0 Å². The quantitative estimate of drug-likeness (QED) is 0.539. The Morgan fingerprint density at radius 3 is 2.65 bits per heavy atom. The van der Waals surface area contributed by atoms with Crippen LogP contribution >= 0.6 is 23.2 Å². The lowest BCUT2D eigenvalue weighted by Crippen LogP contribution is -2.93. The number of nitrogens with one attached hydrogen (secondary N) is 2. The first-order valence-electron chi connectivity index (χ1n) is 8.39. The molecule has 1 heterocycles. The Balaban J connectivity index is 1.48. The maximum atomic E-state index is 12.2. The first-order valence-corrected chi connectivity index (χ1v) is 9.15. The number of carbonyl (C=O) groups is 1. The highest BCUT2D eigenvalue weighted by molar-refractivity contribution is 6.31. The molecule has 136 valence electrons. The van der Waals surface area contributed by atoms with Crippen molar-refractivity contribution in [3.63, 3.8) is 0 Å². The summed E-state index contributed by atoms with van der Waals surface area (Å²) < 4.78 is 5.96. The Morgan fingerprint density at radius 2 is 2.04 bits per heavy atom. The number of hydrogen-bond donors (Lipinski definition) is 3. The standard InChI is InChI=1S/C18H18Cl2N4O2/c19-15-9-14(4-1-11(15)10-21)26-13-5-2-12(3-6-13)22-18(25)16-7-8-17(20)24-23-16/h1,4,7-9,12-13,23-24H,2-3,5-6H2,(H,22,25)/p+1. The summed E-state index contributed by atoms with van der Waals surface area (Å²) in [5, 5.41) is 12.8. The van der Waals surface area contributed by atoms with E-state index in [1.54, 1.807) is 35.8 Å². The van der Waals surface area contributed by atoms with Gasteiger partial charge in [-0.15, -0.1) is 0 Å². The number of ether oxygens (including phenoxy) is 1. The van der Waals surface area contributed by atoms with Crippen molar-refractivity contribution in [1.29, 1.82) is 5.26 Å². The fourth-order valence-electron chi connectivity index (χ4n) is 2.99. The summed E-state index contributed by atoms with van der Waals surface area (Å²) in [5.74, 6) is 0.555. The predicted molar refractivity (Wildman–Crippen MR) is 98.1 cm³/mol. The highest BCUT2D eigenvalue weighted by Crippen LogP contribution is 2.27. The molecule has 3 rings (SSSR count). The van der Waals surface area contributed by atoms with Gasteiger partial charge in [-0.3, -0.25) is 4.79 Å². The molecule has 1 amide bonds. The fraction of sp³-hybridized carbons (Fsp3) is 0.333. The van der Waals surface area contributed by atoms with E-state index < -0.39 is 0 Å². The number of quaternary nitrogens is 1. The second-order valence-electron chi connectivity index (χ2n) is 6.24. The Hall–Kier alpha value is -2.20. The minimum Gasteiger partial charge on any atom is -0.490 e. The fourth-order valence-corrected chi connectivity index (χ4v) is 3.32. The zero-order valence-electron chi connectivity index (χ0n) is 14.0. The van der Waals surface area contributed by atoms with E-state index in [0.29, 0.717) is 27.2 Å². The van der Waals surface area contributed by atoms with Crippen molar-refractivity contribution in [3.05, 3.63) is 51.8 Å². The Bertz CT molecular complexity index is 793. The molecule has 0 spiro atoms.